The van der Waals surface area contributed by atoms with Crippen molar-refractivity contribution >= 4 is 18.0 Å². The lowest BCUT2D eigenvalue weighted by Gasteiger charge is -1.99. The molecule has 1 aromatic rings. The standard InChI is InChI=1S/C11H12.ClH/c1-2-6-10(7-3-1)11-8-4-5-9-11;/h1-3,6-8H,4-5,9H2;1H. The SMILES string of the molecule is C1=C(c2ccccc2)CCC1.Cl. The van der Waals surface area contributed by atoms with Gasteiger partial charge in [0, 0.05) is 0 Å². The van der Waals surface area contributed by atoms with E-state index >= 15 is 0 Å². The fourth-order valence-electron chi connectivity index (χ4n) is 1.59. The molecule has 0 heterocycles. The van der Waals surface area contributed by atoms with Gasteiger partial charge in [0.2, 0.25) is 0 Å². The highest BCUT2D eigenvalue weighted by atomic mass is 35.5. The van der Waals surface area contributed by atoms with E-state index in [0.717, 1.165) is 0 Å². The molecule has 0 amide bonds. The van der Waals surface area contributed by atoms with Crippen LogP contribution in [0.25, 0.3) is 5.57 Å². The van der Waals surface area contributed by atoms with Gasteiger partial charge in [-0.2, -0.15) is 0 Å². The van der Waals surface area contributed by atoms with E-state index in [1.54, 1.807) is 0 Å². The third-order valence-corrected chi connectivity index (χ3v) is 2.19. The Morgan fingerprint density at radius 1 is 1.00 bits per heavy atom. The van der Waals surface area contributed by atoms with Crippen molar-refractivity contribution in [3.63, 3.8) is 0 Å². The van der Waals surface area contributed by atoms with E-state index < -0.39 is 0 Å². The number of benzene rings is 1. The molecular formula is C11H13Cl. The molecule has 0 N–H and O–H groups in total. The Kier molecular flexibility index (Phi) is 3.36. The Morgan fingerprint density at radius 3 is 2.33 bits per heavy atom. The minimum atomic E-state index is 0. The van der Waals surface area contributed by atoms with Crippen molar-refractivity contribution in [2.75, 3.05) is 0 Å². The van der Waals surface area contributed by atoms with Gasteiger partial charge in [-0.1, -0.05) is 36.4 Å². The molecule has 0 saturated heterocycles. The highest BCUT2D eigenvalue weighted by molar-refractivity contribution is 5.85. The Morgan fingerprint density at radius 2 is 1.75 bits per heavy atom. The van der Waals surface area contributed by atoms with Crippen LogP contribution in [0.3, 0.4) is 0 Å². The highest BCUT2D eigenvalue weighted by Crippen LogP contribution is 2.26. The summed E-state index contributed by atoms with van der Waals surface area (Å²) in [5.74, 6) is 0. The molecule has 1 heteroatoms. The van der Waals surface area contributed by atoms with E-state index in [1.165, 1.54) is 30.4 Å². The molecule has 64 valence electrons. The first-order valence-electron chi connectivity index (χ1n) is 4.21. The van der Waals surface area contributed by atoms with Crippen LogP contribution < -0.4 is 0 Å². The molecule has 0 unspecified atom stereocenters. The molecular weight excluding hydrogens is 168 g/mol. The second kappa shape index (κ2) is 4.32. The smallest absolute Gasteiger partial charge is 0.0228 e. The topological polar surface area (TPSA) is 0 Å². The molecule has 2 rings (SSSR count). The Balaban J connectivity index is 0.000000720. The van der Waals surface area contributed by atoms with Crippen LogP contribution >= 0.6 is 12.4 Å². The summed E-state index contributed by atoms with van der Waals surface area (Å²) in [5.41, 5.74) is 2.94. The quantitative estimate of drug-likeness (QED) is 0.619. The monoisotopic (exact) mass is 180 g/mol. The summed E-state index contributed by atoms with van der Waals surface area (Å²) in [6.07, 6.45) is 6.23. The molecule has 1 aliphatic carbocycles. The predicted octanol–water partition coefficient (Wildman–Crippen LogP) is 3.68. The van der Waals surface area contributed by atoms with Gasteiger partial charge in [-0.05, 0) is 30.4 Å². The first-order valence-corrected chi connectivity index (χ1v) is 4.21. The lowest BCUT2D eigenvalue weighted by atomic mass is 10.1. The van der Waals surface area contributed by atoms with Crippen LogP contribution in [0.4, 0.5) is 0 Å². The van der Waals surface area contributed by atoms with Crippen molar-refractivity contribution in [2.24, 2.45) is 0 Å². The van der Waals surface area contributed by atoms with Gasteiger partial charge < -0.3 is 0 Å². The van der Waals surface area contributed by atoms with Crippen LogP contribution in [0, 0.1) is 0 Å². The van der Waals surface area contributed by atoms with Gasteiger partial charge in [0.15, 0.2) is 0 Å². The molecule has 0 saturated carbocycles. The second-order valence-corrected chi connectivity index (χ2v) is 2.99. The molecule has 1 aromatic carbocycles. The van der Waals surface area contributed by atoms with Crippen molar-refractivity contribution in [1.82, 2.24) is 0 Å². The molecule has 0 bridgehead atoms. The van der Waals surface area contributed by atoms with Crippen LogP contribution in [0.15, 0.2) is 36.4 Å². The van der Waals surface area contributed by atoms with Gasteiger partial charge in [-0.25, -0.2) is 0 Å². The Hall–Kier alpha value is -0.750. The molecule has 0 aromatic heterocycles. The van der Waals surface area contributed by atoms with E-state index in [1.807, 2.05) is 0 Å². The van der Waals surface area contributed by atoms with Crippen LogP contribution in [0.1, 0.15) is 24.8 Å². The maximum atomic E-state index is 2.36. The van der Waals surface area contributed by atoms with Crippen molar-refractivity contribution < 1.29 is 0 Å². The van der Waals surface area contributed by atoms with Gasteiger partial charge in [0.25, 0.3) is 0 Å². The Labute approximate surface area is 79.7 Å². The number of hydrogen-bond acceptors (Lipinski definition) is 0. The zero-order chi connectivity index (χ0) is 7.52. The van der Waals surface area contributed by atoms with Crippen LogP contribution in [-0.4, -0.2) is 0 Å². The van der Waals surface area contributed by atoms with E-state index in [-0.39, 0.29) is 12.4 Å². The zero-order valence-corrected chi connectivity index (χ0v) is 7.81. The van der Waals surface area contributed by atoms with Gasteiger partial charge in [0.05, 0.1) is 0 Å². The van der Waals surface area contributed by atoms with Gasteiger partial charge in [-0.15, -0.1) is 12.4 Å². The summed E-state index contributed by atoms with van der Waals surface area (Å²) < 4.78 is 0. The fourth-order valence-corrected chi connectivity index (χ4v) is 1.59. The first-order chi connectivity index (χ1) is 5.47. The van der Waals surface area contributed by atoms with Crippen molar-refractivity contribution in [3.05, 3.63) is 42.0 Å². The lowest BCUT2D eigenvalue weighted by Crippen LogP contribution is -1.77. The third-order valence-electron chi connectivity index (χ3n) is 2.19. The number of rotatable bonds is 1. The Bertz CT molecular complexity index is 262. The number of allylic oxidation sites excluding steroid dienone is 2. The molecule has 1 aliphatic rings. The first kappa shape index (κ1) is 9.34. The second-order valence-electron chi connectivity index (χ2n) is 2.99. The number of halogens is 1. The molecule has 0 spiro atoms. The zero-order valence-electron chi connectivity index (χ0n) is 6.99. The summed E-state index contributed by atoms with van der Waals surface area (Å²) in [6, 6.07) is 10.7. The summed E-state index contributed by atoms with van der Waals surface area (Å²) in [5, 5.41) is 0. The molecule has 12 heavy (non-hydrogen) atoms. The van der Waals surface area contributed by atoms with E-state index in [9.17, 15) is 0 Å². The molecule has 0 fully saturated rings. The fraction of sp³-hybridized carbons (Fsp3) is 0.273. The number of hydrogen-bond donors (Lipinski definition) is 0. The lowest BCUT2D eigenvalue weighted by molar-refractivity contribution is 0.935. The summed E-state index contributed by atoms with van der Waals surface area (Å²) in [4.78, 5) is 0. The molecule has 0 radical (unpaired) electrons. The third kappa shape index (κ3) is 1.89. The van der Waals surface area contributed by atoms with Gasteiger partial charge >= 0.3 is 0 Å². The van der Waals surface area contributed by atoms with E-state index in [0.29, 0.717) is 0 Å². The predicted molar refractivity (Wildman–Crippen MR) is 55.5 cm³/mol. The van der Waals surface area contributed by atoms with Gasteiger partial charge in [-0.3, -0.25) is 0 Å². The minimum absolute atomic E-state index is 0. The average molecular weight is 181 g/mol. The maximum absolute atomic E-state index is 2.36. The molecule has 0 aliphatic heterocycles. The van der Waals surface area contributed by atoms with E-state index in [2.05, 4.69) is 36.4 Å². The maximum Gasteiger partial charge on any atom is -0.0228 e. The summed E-state index contributed by atoms with van der Waals surface area (Å²) in [6.45, 7) is 0. The largest absolute Gasteiger partial charge is 0.147 e. The highest BCUT2D eigenvalue weighted by Gasteiger charge is 2.04. The van der Waals surface area contributed by atoms with Crippen molar-refractivity contribution in [3.8, 4) is 0 Å². The summed E-state index contributed by atoms with van der Waals surface area (Å²) in [7, 11) is 0. The normalized spacial score (nSPS) is 15.2. The van der Waals surface area contributed by atoms with Crippen LogP contribution in [0.5, 0.6) is 0 Å². The van der Waals surface area contributed by atoms with Crippen molar-refractivity contribution in [1.29, 1.82) is 0 Å². The average Bonchev–Trinajstić information content (AvgIpc) is 2.58. The summed E-state index contributed by atoms with van der Waals surface area (Å²) >= 11 is 0. The van der Waals surface area contributed by atoms with Crippen LogP contribution in [0.2, 0.25) is 0 Å². The van der Waals surface area contributed by atoms with Crippen molar-refractivity contribution in [2.45, 2.75) is 19.3 Å². The van der Waals surface area contributed by atoms with Crippen LogP contribution in [-0.2, 0) is 0 Å². The van der Waals surface area contributed by atoms with Gasteiger partial charge in [0.1, 0.15) is 0 Å². The molecule has 0 nitrogen and oxygen atoms in total. The molecule has 0 atom stereocenters. The van der Waals surface area contributed by atoms with E-state index in [4.69, 9.17) is 0 Å². The minimum Gasteiger partial charge on any atom is -0.147 e.